The van der Waals surface area contributed by atoms with Crippen molar-refractivity contribution in [1.82, 2.24) is 4.90 Å². The highest BCUT2D eigenvalue weighted by molar-refractivity contribution is 5.38. The molecule has 2 rings (SSSR count). The van der Waals surface area contributed by atoms with Crippen LogP contribution in [0, 0.1) is 0 Å². The zero-order chi connectivity index (χ0) is 15.2. The average molecular weight is 295 g/mol. The van der Waals surface area contributed by atoms with Gasteiger partial charge < -0.3 is 18.9 Å². The van der Waals surface area contributed by atoms with Crippen LogP contribution < -0.4 is 9.47 Å². The molecule has 2 atom stereocenters. The molecule has 0 spiro atoms. The van der Waals surface area contributed by atoms with E-state index in [1.165, 1.54) is 5.56 Å². The number of benzene rings is 1. The minimum absolute atomic E-state index is 0.276. The second kappa shape index (κ2) is 7.64. The molecule has 0 radical (unpaired) electrons. The summed E-state index contributed by atoms with van der Waals surface area (Å²) in [6.07, 6.45) is 1.28. The Kier molecular flexibility index (Phi) is 5.85. The number of ether oxygens (including phenoxy) is 4. The Labute approximate surface area is 126 Å². The summed E-state index contributed by atoms with van der Waals surface area (Å²) in [5, 5.41) is 0. The summed E-state index contributed by atoms with van der Waals surface area (Å²) >= 11 is 0. The SMILES string of the molecule is COC[C@@H]1C[C@H](OC)CN1Cc1cc(OC)cc(OC)c1. The van der Waals surface area contributed by atoms with E-state index >= 15 is 0 Å². The Hall–Kier alpha value is -1.30. The maximum atomic E-state index is 5.50. The normalized spacial score (nSPS) is 22.5. The molecule has 0 aromatic heterocycles. The monoisotopic (exact) mass is 295 g/mol. The molecule has 1 aliphatic heterocycles. The molecule has 1 heterocycles. The van der Waals surface area contributed by atoms with E-state index in [0.717, 1.165) is 37.6 Å². The first-order valence-electron chi connectivity index (χ1n) is 7.17. The molecule has 1 saturated heterocycles. The number of hydrogen-bond acceptors (Lipinski definition) is 5. The van der Waals surface area contributed by atoms with Crippen LogP contribution in [0.3, 0.4) is 0 Å². The summed E-state index contributed by atoms with van der Waals surface area (Å²) in [4.78, 5) is 2.39. The van der Waals surface area contributed by atoms with E-state index in [1.54, 1.807) is 28.4 Å². The standard InChI is InChI=1S/C16H25NO4/c1-18-11-13-7-16(21-4)10-17(13)9-12-5-14(19-2)8-15(6-12)20-3/h5-6,8,13,16H,7,9-11H2,1-4H3/t13-,16-/m0/s1. The second-order valence-corrected chi connectivity index (χ2v) is 5.35. The van der Waals surface area contributed by atoms with Gasteiger partial charge in [-0.05, 0) is 24.1 Å². The molecule has 0 bridgehead atoms. The molecule has 0 amide bonds. The van der Waals surface area contributed by atoms with E-state index in [4.69, 9.17) is 18.9 Å². The summed E-state index contributed by atoms with van der Waals surface area (Å²) in [5.41, 5.74) is 1.17. The molecule has 0 aliphatic carbocycles. The first kappa shape index (κ1) is 16.1. The first-order valence-corrected chi connectivity index (χ1v) is 7.17. The molecule has 21 heavy (non-hydrogen) atoms. The van der Waals surface area contributed by atoms with E-state index in [2.05, 4.69) is 4.90 Å². The molecule has 0 unspecified atom stereocenters. The van der Waals surface area contributed by atoms with Crippen molar-refractivity contribution in [3.8, 4) is 11.5 Å². The summed E-state index contributed by atoms with van der Waals surface area (Å²) in [6.45, 7) is 2.48. The smallest absolute Gasteiger partial charge is 0.122 e. The lowest BCUT2D eigenvalue weighted by Crippen LogP contribution is -2.32. The Balaban J connectivity index is 2.11. The van der Waals surface area contributed by atoms with E-state index in [1.807, 2.05) is 18.2 Å². The lowest BCUT2D eigenvalue weighted by atomic mass is 10.1. The van der Waals surface area contributed by atoms with Crippen LogP contribution in [0.1, 0.15) is 12.0 Å². The number of likely N-dealkylation sites (tertiary alicyclic amines) is 1. The topological polar surface area (TPSA) is 40.2 Å². The van der Waals surface area contributed by atoms with Gasteiger partial charge in [-0.2, -0.15) is 0 Å². The van der Waals surface area contributed by atoms with E-state index in [0.29, 0.717) is 6.04 Å². The van der Waals surface area contributed by atoms with E-state index in [-0.39, 0.29) is 6.10 Å². The third-order valence-electron chi connectivity index (χ3n) is 3.98. The fraction of sp³-hybridized carbons (Fsp3) is 0.625. The third kappa shape index (κ3) is 4.09. The molecule has 1 fully saturated rings. The molecule has 5 heteroatoms. The highest BCUT2D eigenvalue weighted by atomic mass is 16.5. The number of hydrogen-bond donors (Lipinski definition) is 0. The minimum atomic E-state index is 0.276. The third-order valence-corrected chi connectivity index (χ3v) is 3.98. The van der Waals surface area contributed by atoms with Crippen LogP contribution in [-0.2, 0) is 16.0 Å². The minimum Gasteiger partial charge on any atom is -0.497 e. The lowest BCUT2D eigenvalue weighted by molar-refractivity contribution is 0.106. The predicted molar refractivity (Wildman–Crippen MR) is 81.0 cm³/mol. The molecule has 1 aliphatic rings. The second-order valence-electron chi connectivity index (χ2n) is 5.35. The summed E-state index contributed by atoms with van der Waals surface area (Å²) in [5.74, 6) is 1.63. The van der Waals surface area contributed by atoms with Crippen molar-refractivity contribution >= 4 is 0 Å². The predicted octanol–water partition coefficient (Wildman–Crippen LogP) is 1.94. The van der Waals surface area contributed by atoms with Gasteiger partial charge in [0.05, 0.1) is 26.9 Å². The lowest BCUT2D eigenvalue weighted by Gasteiger charge is -2.23. The number of rotatable bonds is 7. The first-order chi connectivity index (χ1) is 10.2. The zero-order valence-corrected chi connectivity index (χ0v) is 13.3. The van der Waals surface area contributed by atoms with Gasteiger partial charge in [0.25, 0.3) is 0 Å². The van der Waals surface area contributed by atoms with Gasteiger partial charge in [0.2, 0.25) is 0 Å². The highest BCUT2D eigenvalue weighted by Crippen LogP contribution is 2.27. The van der Waals surface area contributed by atoms with Crippen LogP contribution in [0.5, 0.6) is 11.5 Å². The summed E-state index contributed by atoms with van der Waals surface area (Å²) in [6, 6.07) is 6.37. The zero-order valence-electron chi connectivity index (χ0n) is 13.3. The number of nitrogens with zero attached hydrogens (tertiary/aromatic N) is 1. The molecule has 1 aromatic carbocycles. The largest absolute Gasteiger partial charge is 0.497 e. The molecular formula is C16H25NO4. The average Bonchev–Trinajstić information content (AvgIpc) is 2.89. The van der Waals surface area contributed by atoms with Crippen LogP contribution in [0.25, 0.3) is 0 Å². The van der Waals surface area contributed by atoms with Crippen LogP contribution in [-0.4, -0.2) is 58.6 Å². The van der Waals surface area contributed by atoms with Crippen molar-refractivity contribution in [2.75, 3.05) is 41.6 Å². The molecule has 5 nitrogen and oxygen atoms in total. The summed E-state index contributed by atoms with van der Waals surface area (Å²) in [7, 11) is 6.85. The van der Waals surface area contributed by atoms with E-state index in [9.17, 15) is 0 Å². The Bertz CT molecular complexity index is 430. The Morgan fingerprint density at radius 3 is 2.24 bits per heavy atom. The van der Waals surface area contributed by atoms with E-state index < -0.39 is 0 Å². The fourth-order valence-electron chi connectivity index (χ4n) is 2.86. The van der Waals surface area contributed by atoms with Crippen molar-refractivity contribution in [3.63, 3.8) is 0 Å². The molecule has 0 N–H and O–H groups in total. The number of methoxy groups -OCH3 is 4. The molecule has 0 saturated carbocycles. The van der Waals surface area contributed by atoms with Gasteiger partial charge in [0.1, 0.15) is 11.5 Å². The van der Waals surface area contributed by atoms with Gasteiger partial charge in [0.15, 0.2) is 0 Å². The highest BCUT2D eigenvalue weighted by Gasteiger charge is 2.32. The summed E-state index contributed by atoms with van der Waals surface area (Å²) < 4.78 is 21.5. The van der Waals surface area contributed by atoms with Gasteiger partial charge in [-0.1, -0.05) is 0 Å². The molecule has 1 aromatic rings. The Morgan fingerprint density at radius 1 is 1.05 bits per heavy atom. The van der Waals surface area contributed by atoms with Gasteiger partial charge in [-0.15, -0.1) is 0 Å². The van der Waals surface area contributed by atoms with Gasteiger partial charge >= 0.3 is 0 Å². The van der Waals surface area contributed by atoms with Crippen molar-refractivity contribution in [2.45, 2.75) is 25.1 Å². The van der Waals surface area contributed by atoms with Crippen molar-refractivity contribution in [2.24, 2.45) is 0 Å². The van der Waals surface area contributed by atoms with Crippen molar-refractivity contribution in [3.05, 3.63) is 23.8 Å². The maximum Gasteiger partial charge on any atom is 0.122 e. The van der Waals surface area contributed by atoms with Crippen LogP contribution >= 0.6 is 0 Å². The molecule has 118 valence electrons. The van der Waals surface area contributed by atoms with Gasteiger partial charge in [0, 0.05) is 39.4 Å². The Morgan fingerprint density at radius 2 is 1.71 bits per heavy atom. The maximum absolute atomic E-state index is 5.50. The van der Waals surface area contributed by atoms with Crippen LogP contribution in [0.15, 0.2) is 18.2 Å². The van der Waals surface area contributed by atoms with Crippen LogP contribution in [0.2, 0.25) is 0 Å². The van der Waals surface area contributed by atoms with Crippen LogP contribution in [0.4, 0.5) is 0 Å². The van der Waals surface area contributed by atoms with Gasteiger partial charge in [-0.3, -0.25) is 4.90 Å². The van der Waals surface area contributed by atoms with Crippen molar-refractivity contribution < 1.29 is 18.9 Å². The fourth-order valence-corrected chi connectivity index (χ4v) is 2.86. The molecular weight excluding hydrogens is 270 g/mol. The van der Waals surface area contributed by atoms with Crippen molar-refractivity contribution in [1.29, 1.82) is 0 Å². The van der Waals surface area contributed by atoms with Gasteiger partial charge in [-0.25, -0.2) is 0 Å². The quantitative estimate of drug-likeness (QED) is 0.769.